The standard InChI is InChI=1S/C14H22N4O.2ClH/c1-11(15)9-14(19)17-13-6-5-12(10-16-13)18-7-3-2-4-8-18;;/h5-6,10-11H,2-4,7-9,15H2,1H3,(H,16,17,19);2*1H. The summed E-state index contributed by atoms with van der Waals surface area (Å²) in [5.74, 6) is 0.500. The first-order valence-corrected chi connectivity index (χ1v) is 6.91. The number of hydrogen-bond donors (Lipinski definition) is 2. The largest absolute Gasteiger partial charge is 0.370 e. The van der Waals surface area contributed by atoms with Crippen molar-refractivity contribution < 1.29 is 4.79 Å². The van der Waals surface area contributed by atoms with E-state index < -0.39 is 0 Å². The summed E-state index contributed by atoms with van der Waals surface area (Å²) in [5, 5.41) is 2.75. The first kappa shape index (κ1) is 20.0. The van der Waals surface area contributed by atoms with Crippen LogP contribution in [-0.2, 0) is 4.79 Å². The van der Waals surface area contributed by atoms with Crippen LogP contribution in [0.2, 0.25) is 0 Å². The Morgan fingerprint density at radius 3 is 2.52 bits per heavy atom. The molecule has 0 spiro atoms. The number of piperidine rings is 1. The average Bonchev–Trinajstić information content (AvgIpc) is 2.39. The van der Waals surface area contributed by atoms with E-state index in [9.17, 15) is 4.79 Å². The maximum atomic E-state index is 11.6. The van der Waals surface area contributed by atoms with Crippen molar-refractivity contribution in [1.82, 2.24) is 4.98 Å². The van der Waals surface area contributed by atoms with Crippen molar-refractivity contribution in [2.75, 3.05) is 23.3 Å². The number of nitrogens with two attached hydrogens (primary N) is 1. The molecule has 2 heterocycles. The van der Waals surface area contributed by atoms with E-state index in [-0.39, 0.29) is 36.8 Å². The van der Waals surface area contributed by atoms with E-state index >= 15 is 0 Å². The van der Waals surface area contributed by atoms with Crippen LogP contribution >= 0.6 is 24.8 Å². The molecule has 1 aromatic heterocycles. The maximum absolute atomic E-state index is 11.6. The molecule has 120 valence electrons. The van der Waals surface area contributed by atoms with Gasteiger partial charge < -0.3 is 16.0 Å². The molecule has 1 aliphatic heterocycles. The van der Waals surface area contributed by atoms with Crippen LogP contribution in [-0.4, -0.2) is 30.0 Å². The molecule has 7 heteroatoms. The summed E-state index contributed by atoms with van der Waals surface area (Å²) in [6.07, 6.45) is 5.94. The van der Waals surface area contributed by atoms with Crippen molar-refractivity contribution >= 4 is 42.2 Å². The summed E-state index contributed by atoms with van der Waals surface area (Å²) in [6, 6.07) is 3.73. The van der Waals surface area contributed by atoms with Crippen LogP contribution in [0.3, 0.4) is 0 Å². The Balaban J connectivity index is 0.00000200. The van der Waals surface area contributed by atoms with Crippen LogP contribution in [0.25, 0.3) is 0 Å². The number of rotatable bonds is 4. The van der Waals surface area contributed by atoms with E-state index in [0.717, 1.165) is 18.8 Å². The summed E-state index contributed by atoms with van der Waals surface area (Å²) in [6.45, 7) is 4.00. The summed E-state index contributed by atoms with van der Waals surface area (Å²) in [5.41, 5.74) is 6.71. The van der Waals surface area contributed by atoms with Crippen LogP contribution in [0.4, 0.5) is 11.5 Å². The third-order valence-electron chi connectivity index (χ3n) is 3.24. The van der Waals surface area contributed by atoms with Gasteiger partial charge in [-0.25, -0.2) is 4.98 Å². The van der Waals surface area contributed by atoms with E-state index in [4.69, 9.17) is 5.73 Å². The normalized spacial score (nSPS) is 15.4. The van der Waals surface area contributed by atoms with Gasteiger partial charge in [0.2, 0.25) is 5.91 Å². The molecule has 5 nitrogen and oxygen atoms in total. The molecule has 1 fully saturated rings. The van der Waals surface area contributed by atoms with Gasteiger partial charge in [-0.15, -0.1) is 24.8 Å². The summed E-state index contributed by atoms with van der Waals surface area (Å²) < 4.78 is 0. The smallest absolute Gasteiger partial charge is 0.227 e. The molecule has 1 amide bonds. The Hall–Kier alpha value is -1.04. The third kappa shape index (κ3) is 6.50. The molecule has 3 N–H and O–H groups in total. The number of nitrogens with zero attached hydrogens (tertiary/aromatic N) is 2. The molecule has 0 bridgehead atoms. The Morgan fingerprint density at radius 1 is 1.33 bits per heavy atom. The minimum Gasteiger partial charge on any atom is -0.370 e. The van der Waals surface area contributed by atoms with Crippen LogP contribution in [0.15, 0.2) is 18.3 Å². The highest BCUT2D eigenvalue weighted by Crippen LogP contribution is 2.19. The molecule has 1 unspecified atom stereocenters. The molecule has 0 radical (unpaired) electrons. The number of nitrogens with one attached hydrogen (secondary N) is 1. The second-order valence-electron chi connectivity index (χ2n) is 5.18. The summed E-state index contributed by atoms with van der Waals surface area (Å²) >= 11 is 0. The number of halogens is 2. The Kier molecular flexibility index (Phi) is 9.33. The molecule has 21 heavy (non-hydrogen) atoms. The number of carbonyl (C=O) groups is 1. The second kappa shape index (κ2) is 9.82. The molecule has 0 aliphatic carbocycles. The molecule has 0 saturated carbocycles. The maximum Gasteiger partial charge on any atom is 0.227 e. The first-order chi connectivity index (χ1) is 9.15. The SMILES string of the molecule is CC(N)CC(=O)Nc1ccc(N2CCCCC2)cn1.Cl.Cl. The zero-order valence-electron chi connectivity index (χ0n) is 12.2. The van der Waals surface area contributed by atoms with E-state index in [2.05, 4.69) is 15.2 Å². The molecule has 1 saturated heterocycles. The number of amides is 1. The van der Waals surface area contributed by atoms with Gasteiger partial charge in [0.15, 0.2) is 0 Å². The van der Waals surface area contributed by atoms with Crippen molar-refractivity contribution in [2.24, 2.45) is 5.73 Å². The lowest BCUT2D eigenvalue weighted by atomic mass is 10.1. The van der Waals surface area contributed by atoms with Crippen LogP contribution in [0.1, 0.15) is 32.6 Å². The molecule has 0 aromatic carbocycles. The quantitative estimate of drug-likeness (QED) is 0.887. The first-order valence-electron chi connectivity index (χ1n) is 6.91. The fourth-order valence-corrected chi connectivity index (χ4v) is 2.29. The van der Waals surface area contributed by atoms with E-state index in [1.54, 1.807) is 0 Å². The number of carbonyl (C=O) groups excluding carboxylic acids is 1. The van der Waals surface area contributed by atoms with Gasteiger partial charge in [-0.3, -0.25) is 4.79 Å². The fourth-order valence-electron chi connectivity index (χ4n) is 2.29. The lowest BCUT2D eigenvalue weighted by molar-refractivity contribution is -0.116. The highest BCUT2D eigenvalue weighted by molar-refractivity contribution is 5.90. The van der Waals surface area contributed by atoms with Gasteiger partial charge >= 0.3 is 0 Å². The molecule has 1 aromatic rings. The minimum absolute atomic E-state index is 0. The van der Waals surface area contributed by atoms with Gasteiger partial charge in [-0.05, 0) is 38.3 Å². The monoisotopic (exact) mass is 334 g/mol. The predicted molar refractivity (Wildman–Crippen MR) is 91.7 cm³/mol. The van der Waals surface area contributed by atoms with Crippen LogP contribution < -0.4 is 16.0 Å². The summed E-state index contributed by atoms with van der Waals surface area (Å²) in [4.78, 5) is 18.2. The molecule has 2 rings (SSSR count). The van der Waals surface area contributed by atoms with Gasteiger partial charge in [-0.1, -0.05) is 0 Å². The fraction of sp³-hybridized carbons (Fsp3) is 0.571. The zero-order chi connectivity index (χ0) is 13.7. The van der Waals surface area contributed by atoms with E-state index in [1.807, 2.05) is 25.3 Å². The zero-order valence-corrected chi connectivity index (χ0v) is 13.9. The Labute approximate surface area is 138 Å². The van der Waals surface area contributed by atoms with Gasteiger partial charge in [0, 0.05) is 25.6 Å². The molecular formula is C14H24Cl2N4O. The Bertz CT molecular complexity index is 419. The van der Waals surface area contributed by atoms with Crippen molar-refractivity contribution in [3.05, 3.63) is 18.3 Å². The van der Waals surface area contributed by atoms with Gasteiger partial charge in [0.1, 0.15) is 5.82 Å². The highest BCUT2D eigenvalue weighted by Gasteiger charge is 2.11. The number of aromatic nitrogens is 1. The van der Waals surface area contributed by atoms with Gasteiger partial charge in [-0.2, -0.15) is 0 Å². The molecule has 1 aliphatic rings. The average molecular weight is 335 g/mol. The number of pyridine rings is 1. The van der Waals surface area contributed by atoms with Gasteiger partial charge in [0.25, 0.3) is 0 Å². The van der Waals surface area contributed by atoms with Crippen molar-refractivity contribution in [1.29, 1.82) is 0 Å². The van der Waals surface area contributed by atoms with E-state index in [1.165, 1.54) is 19.3 Å². The van der Waals surface area contributed by atoms with Crippen molar-refractivity contribution in [2.45, 2.75) is 38.6 Å². The number of anilines is 2. The minimum atomic E-state index is -0.132. The molecule has 1 atom stereocenters. The third-order valence-corrected chi connectivity index (χ3v) is 3.24. The summed E-state index contributed by atoms with van der Waals surface area (Å²) in [7, 11) is 0. The number of hydrogen-bond acceptors (Lipinski definition) is 4. The second-order valence-corrected chi connectivity index (χ2v) is 5.18. The lowest BCUT2D eigenvalue weighted by Gasteiger charge is -2.28. The lowest BCUT2D eigenvalue weighted by Crippen LogP contribution is -2.29. The molecular weight excluding hydrogens is 311 g/mol. The highest BCUT2D eigenvalue weighted by atomic mass is 35.5. The topological polar surface area (TPSA) is 71.2 Å². The van der Waals surface area contributed by atoms with E-state index in [0.29, 0.717) is 12.2 Å². The van der Waals surface area contributed by atoms with Crippen LogP contribution in [0.5, 0.6) is 0 Å². The van der Waals surface area contributed by atoms with Crippen molar-refractivity contribution in [3.8, 4) is 0 Å². The van der Waals surface area contributed by atoms with Gasteiger partial charge in [0.05, 0.1) is 11.9 Å². The predicted octanol–water partition coefficient (Wildman–Crippen LogP) is 2.59. The van der Waals surface area contributed by atoms with Crippen LogP contribution in [0, 0.1) is 0 Å². The van der Waals surface area contributed by atoms with Crippen molar-refractivity contribution in [3.63, 3.8) is 0 Å². The Morgan fingerprint density at radius 2 is 2.00 bits per heavy atom.